The number of benzene rings is 2. The SMILES string of the molecule is O=C(CN1CCC[C@H]1COc1ccc(C(=O)O)cc1)OCc1ccccc1. The van der Waals surface area contributed by atoms with E-state index in [2.05, 4.69) is 4.90 Å². The predicted octanol–water partition coefficient (Wildman–Crippen LogP) is 2.97. The molecule has 1 aliphatic heterocycles. The number of esters is 1. The molecule has 1 fully saturated rings. The zero-order chi connectivity index (χ0) is 19.1. The van der Waals surface area contributed by atoms with Crippen molar-refractivity contribution in [1.29, 1.82) is 0 Å². The fourth-order valence-corrected chi connectivity index (χ4v) is 3.13. The van der Waals surface area contributed by atoms with Crippen molar-refractivity contribution in [3.05, 3.63) is 65.7 Å². The molecule has 0 amide bonds. The number of nitrogens with zero attached hydrogens (tertiary/aromatic N) is 1. The molecule has 0 unspecified atom stereocenters. The Kier molecular flexibility index (Phi) is 6.44. The van der Waals surface area contributed by atoms with E-state index in [0.717, 1.165) is 24.9 Å². The molecule has 0 saturated carbocycles. The van der Waals surface area contributed by atoms with E-state index in [1.807, 2.05) is 30.3 Å². The van der Waals surface area contributed by atoms with Crippen LogP contribution in [0, 0.1) is 0 Å². The fourth-order valence-electron chi connectivity index (χ4n) is 3.13. The average molecular weight is 369 g/mol. The largest absolute Gasteiger partial charge is 0.492 e. The second-order valence-corrected chi connectivity index (χ2v) is 6.55. The van der Waals surface area contributed by atoms with Crippen LogP contribution in [0.5, 0.6) is 5.75 Å². The molecule has 2 aromatic rings. The van der Waals surface area contributed by atoms with Gasteiger partial charge in [-0.1, -0.05) is 30.3 Å². The summed E-state index contributed by atoms with van der Waals surface area (Å²) in [6, 6.07) is 16.1. The number of hydrogen-bond acceptors (Lipinski definition) is 5. The van der Waals surface area contributed by atoms with Crippen LogP contribution in [0.2, 0.25) is 0 Å². The summed E-state index contributed by atoms with van der Waals surface area (Å²) in [6.07, 6.45) is 1.97. The molecule has 1 atom stereocenters. The molecule has 0 spiro atoms. The minimum atomic E-state index is -0.961. The normalized spacial score (nSPS) is 16.8. The van der Waals surface area contributed by atoms with Crippen molar-refractivity contribution < 1.29 is 24.2 Å². The second kappa shape index (κ2) is 9.19. The molecule has 0 aromatic heterocycles. The summed E-state index contributed by atoms with van der Waals surface area (Å²) in [5.41, 5.74) is 1.20. The highest BCUT2D eigenvalue weighted by molar-refractivity contribution is 5.87. The molecule has 6 heteroatoms. The molecule has 1 N–H and O–H groups in total. The summed E-state index contributed by atoms with van der Waals surface area (Å²) in [6.45, 7) is 1.83. The first-order valence-corrected chi connectivity index (χ1v) is 9.01. The molecule has 27 heavy (non-hydrogen) atoms. The average Bonchev–Trinajstić information content (AvgIpc) is 3.13. The van der Waals surface area contributed by atoms with Crippen LogP contribution in [-0.4, -0.2) is 47.7 Å². The van der Waals surface area contributed by atoms with Gasteiger partial charge in [0.1, 0.15) is 19.0 Å². The van der Waals surface area contributed by atoms with Gasteiger partial charge < -0.3 is 14.6 Å². The molecule has 1 saturated heterocycles. The number of carboxylic acid groups (broad SMARTS) is 1. The van der Waals surface area contributed by atoms with Gasteiger partial charge in [-0.05, 0) is 49.2 Å². The van der Waals surface area contributed by atoms with Crippen LogP contribution >= 0.6 is 0 Å². The highest BCUT2D eigenvalue weighted by Crippen LogP contribution is 2.19. The van der Waals surface area contributed by atoms with Crippen molar-refractivity contribution in [2.45, 2.75) is 25.5 Å². The maximum Gasteiger partial charge on any atom is 0.335 e. The maximum absolute atomic E-state index is 12.1. The predicted molar refractivity (Wildman–Crippen MR) is 99.7 cm³/mol. The standard InChI is InChI=1S/C21H23NO5/c23-20(27-14-16-5-2-1-3-6-16)13-22-12-4-7-18(22)15-26-19-10-8-17(9-11-19)21(24)25/h1-3,5-6,8-11,18H,4,7,12-15H2,(H,24,25)/t18-/m0/s1. The Balaban J connectivity index is 1.45. The molecule has 142 valence electrons. The summed E-state index contributed by atoms with van der Waals surface area (Å²) in [5, 5.41) is 8.92. The van der Waals surface area contributed by atoms with Crippen LogP contribution < -0.4 is 4.74 Å². The number of rotatable bonds is 8. The first-order valence-electron chi connectivity index (χ1n) is 9.01. The second-order valence-electron chi connectivity index (χ2n) is 6.55. The summed E-state index contributed by atoms with van der Waals surface area (Å²) in [4.78, 5) is 25.1. The summed E-state index contributed by atoms with van der Waals surface area (Å²) >= 11 is 0. The molecule has 1 heterocycles. The number of ether oxygens (including phenoxy) is 2. The van der Waals surface area contributed by atoms with E-state index >= 15 is 0 Å². The van der Waals surface area contributed by atoms with Crippen LogP contribution in [0.1, 0.15) is 28.8 Å². The number of carbonyl (C=O) groups is 2. The van der Waals surface area contributed by atoms with E-state index in [0.29, 0.717) is 12.4 Å². The third-order valence-corrected chi connectivity index (χ3v) is 4.62. The van der Waals surface area contributed by atoms with Crippen molar-refractivity contribution in [2.75, 3.05) is 19.7 Å². The van der Waals surface area contributed by atoms with Crippen molar-refractivity contribution in [3.63, 3.8) is 0 Å². The molecule has 6 nitrogen and oxygen atoms in total. The molecule has 0 aliphatic carbocycles. The highest BCUT2D eigenvalue weighted by Gasteiger charge is 2.27. The van der Waals surface area contributed by atoms with E-state index in [-0.39, 0.29) is 30.7 Å². The van der Waals surface area contributed by atoms with Crippen LogP contribution in [0.25, 0.3) is 0 Å². The van der Waals surface area contributed by atoms with Gasteiger partial charge in [0.2, 0.25) is 0 Å². The van der Waals surface area contributed by atoms with E-state index < -0.39 is 5.97 Å². The van der Waals surface area contributed by atoms with Gasteiger partial charge in [-0.25, -0.2) is 4.79 Å². The molecule has 0 bridgehead atoms. The lowest BCUT2D eigenvalue weighted by Gasteiger charge is -2.23. The number of aromatic carboxylic acids is 1. The van der Waals surface area contributed by atoms with Crippen molar-refractivity contribution >= 4 is 11.9 Å². The third kappa shape index (κ3) is 5.56. The van der Waals surface area contributed by atoms with Gasteiger partial charge in [0, 0.05) is 6.04 Å². The van der Waals surface area contributed by atoms with Gasteiger partial charge in [0.25, 0.3) is 0 Å². The molecule has 0 radical (unpaired) electrons. The van der Waals surface area contributed by atoms with Crippen LogP contribution in [0.4, 0.5) is 0 Å². The van der Waals surface area contributed by atoms with E-state index in [1.54, 1.807) is 12.1 Å². The van der Waals surface area contributed by atoms with Gasteiger partial charge in [0.05, 0.1) is 12.1 Å². The van der Waals surface area contributed by atoms with Crippen molar-refractivity contribution in [2.24, 2.45) is 0 Å². The topological polar surface area (TPSA) is 76.1 Å². The highest BCUT2D eigenvalue weighted by atomic mass is 16.5. The van der Waals surface area contributed by atoms with Crippen LogP contribution in [0.3, 0.4) is 0 Å². The summed E-state index contributed by atoms with van der Waals surface area (Å²) < 4.78 is 11.1. The first kappa shape index (κ1) is 18.9. The van der Waals surface area contributed by atoms with Crippen molar-refractivity contribution in [1.82, 2.24) is 4.90 Å². The van der Waals surface area contributed by atoms with Gasteiger partial charge in [0.15, 0.2) is 0 Å². The number of carbonyl (C=O) groups excluding carboxylic acids is 1. The van der Waals surface area contributed by atoms with Gasteiger partial charge in [-0.2, -0.15) is 0 Å². The molecule has 3 rings (SSSR count). The summed E-state index contributed by atoms with van der Waals surface area (Å²) in [7, 11) is 0. The lowest BCUT2D eigenvalue weighted by Crippen LogP contribution is -2.38. The van der Waals surface area contributed by atoms with E-state index in [4.69, 9.17) is 14.6 Å². The number of hydrogen-bond donors (Lipinski definition) is 1. The monoisotopic (exact) mass is 369 g/mol. The Hall–Kier alpha value is -2.86. The summed E-state index contributed by atoms with van der Waals surface area (Å²) in [5.74, 6) is -0.576. The zero-order valence-corrected chi connectivity index (χ0v) is 15.0. The molecular formula is C21H23NO5. The maximum atomic E-state index is 12.1. The minimum absolute atomic E-state index is 0.147. The molecular weight excluding hydrogens is 346 g/mol. The fraction of sp³-hybridized carbons (Fsp3) is 0.333. The van der Waals surface area contributed by atoms with E-state index in [9.17, 15) is 9.59 Å². The zero-order valence-electron chi connectivity index (χ0n) is 15.0. The first-order chi connectivity index (χ1) is 13.1. The lowest BCUT2D eigenvalue weighted by molar-refractivity contribution is -0.146. The van der Waals surface area contributed by atoms with Crippen LogP contribution in [0.15, 0.2) is 54.6 Å². The molecule has 1 aliphatic rings. The quantitative estimate of drug-likeness (QED) is 0.721. The lowest BCUT2D eigenvalue weighted by atomic mass is 10.2. The Morgan fingerprint density at radius 2 is 1.81 bits per heavy atom. The smallest absolute Gasteiger partial charge is 0.335 e. The van der Waals surface area contributed by atoms with Gasteiger partial charge in [-0.3, -0.25) is 9.69 Å². The van der Waals surface area contributed by atoms with E-state index in [1.165, 1.54) is 12.1 Å². The van der Waals surface area contributed by atoms with Gasteiger partial charge in [-0.15, -0.1) is 0 Å². The Morgan fingerprint density at radius 1 is 1.07 bits per heavy atom. The number of carboxylic acids is 1. The third-order valence-electron chi connectivity index (χ3n) is 4.62. The Labute approximate surface area is 158 Å². The molecule has 2 aromatic carbocycles. The van der Waals surface area contributed by atoms with Gasteiger partial charge >= 0.3 is 11.9 Å². The number of likely N-dealkylation sites (tertiary alicyclic amines) is 1. The van der Waals surface area contributed by atoms with Crippen LogP contribution in [-0.2, 0) is 16.1 Å². The Morgan fingerprint density at radius 3 is 2.52 bits per heavy atom. The Bertz CT molecular complexity index is 760. The minimum Gasteiger partial charge on any atom is -0.492 e. The van der Waals surface area contributed by atoms with Crippen molar-refractivity contribution in [3.8, 4) is 5.75 Å².